The number of amides is 2. The van der Waals surface area contributed by atoms with E-state index < -0.39 is 5.25 Å². The van der Waals surface area contributed by atoms with E-state index in [4.69, 9.17) is 17.3 Å². The van der Waals surface area contributed by atoms with Gasteiger partial charge in [0, 0.05) is 30.1 Å². The standard InChI is InChI=1S/C19H26ClN5O2S/c1-11(2)10-25-17(9-8-16(21)26)23-24-19(25)28-13(4)18(27)22-15-7-5-6-14(20)12(15)3/h5-7,11,13H,8-10H2,1-4H3,(H2,21,26)(H,22,27). The van der Waals surface area contributed by atoms with Crippen molar-refractivity contribution in [3.8, 4) is 0 Å². The van der Waals surface area contributed by atoms with Crippen molar-refractivity contribution in [2.75, 3.05) is 5.32 Å². The summed E-state index contributed by atoms with van der Waals surface area (Å²) in [7, 11) is 0. The van der Waals surface area contributed by atoms with Crippen molar-refractivity contribution in [3.63, 3.8) is 0 Å². The largest absolute Gasteiger partial charge is 0.370 e. The number of aromatic nitrogens is 3. The van der Waals surface area contributed by atoms with Gasteiger partial charge in [0.2, 0.25) is 11.8 Å². The van der Waals surface area contributed by atoms with E-state index in [1.54, 1.807) is 12.1 Å². The van der Waals surface area contributed by atoms with E-state index in [0.717, 1.165) is 5.56 Å². The Morgan fingerprint density at radius 1 is 1.29 bits per heavy atom. The highest BCUT2D eigenvalue weighted by Crippen LogP contribution is 2.27. The molecule has 0 fully saturated rings. The quantitative estimate of drug-likeness (QED) is 0.601. The number of hydrogen-bond acceptors (Lipinski definition) is 5. The van der Waals surface area contributed by atoms with Gasteiger partial charge in [0.25, 0.3) is 0 Å². The fourth-order valence-corrected chi connectivity index (χ4v) is 3.62. The van der Waals surface area contributed by atoms with E-state index in [2.05, 4.69) is 29.4 Å². The van der Waals surface area contributed by atoms with E-state index in [1.807, 2.05) is 24.5 Å². The zero-order valence-corrected chi connectivity index (χ0v) is 18.1. The molecule has 0 spiro atoms. The lowest BCUT2D eigenvalue weighted by Crippen LogP contribution is -2.23. The number of halogens is 1. The van der Waals surface area contributed by atoms with Crippen LogP contribution in [-0.4, -0.2) is 31.8 Å². The number of hydrogen-bond donors (Lipinski definition) is 2. The third-order valence-corrected chi connectivity index (χ3v) is 5.60. The highest BCUT2D eigenvalue weighted by Gasteiger charge is 2.21. The number of nitrogens with one attached hydrogen (secondary N) is 1. The van der Waals surface area contributed by atoms with E-state index in [1.165, 1.54) is 11.8 Å². The summed E-state index contributed by atoms with van der Waals surface area (Å²) < 4.78 is 1.96. The van der Waals surface area contributed by atoms with Gasteiger partial charge in [-0.2, -0.15) is 0 Å². The maximum absolute atomic E-state index is 12.6. The summed E-state index contributed by atoms with van der Waals surface area (Å²) in [5.74, 6) is 0.542. The topological polar surface area (TPSA) is 103 Å². The summed E-state index contributed by atoms with van der Waals surface area (Å²) >= 11 is 7.45. The minimum Gasteiger partial charge on any atom is -0.370 e. The molecular formula is C19H26ClN5O2S. The zero-order valence-electron chi connectivity index (χ0n) is 16.5. The maximum atomic E-state index is 12.6. The number of carbonyl (C=O) groups is 2. The summed E-state index contributed by atoms with van der Waals surface area (Å²) in [5.41, 5.74) is 6.77. The molecule has 0 saturated carbocycles. The molecule has 2 rings (SSSR count). The van der Waals surface area contributed by atoms with Crippen LogP contribution in [0.15, 0.2) is 23.4 Å². The number of nitrogens with zero attached hydrogens (tertiary/aromatic N) is 3. The van der Waals surface area contributed by atoms with Crippen molar-refractivity contribution >= 4 is 40.9 Å². The smallest absolute Gasteiger partial charge is 0.237 e. The Morgan fingerprint density at radius 3 is 2.64 bits per heavy atom. The number of anilines is 1. The molecule has 2 aromatic rings. The van der Waals surface area contributed by atoms with Crippen LogP contribution in [0.5, 0.6) is 0 Å². The van der Waals surface area contributed by atoms with Gasteiger partial charge >= 0.3 is 0 Å². The lowest BCUT2D eigenvalue weighted by molar-refractivity contribution is -0.118. The molecule has 1 heterocycles. The molecule has 0 aliphatic carbocycles. The first-order chi connectivity index (χ1) is 13.2. The second kappa shape index (κ2) is 9.93. The molecule has 0 aliphatic heterocycles. The molecule has 1 aromatic heterocycles. The molecular weight excluding hydrogens is 398 g/mol. The maximum Gasteiger partial charge on any atom is 0.237 e. The molecule has 3 N–H and O–H groups in total. The first-order valence-electron chi connectivity index (χ1n) is 9.12. The van der Waals surface area contributed by atoms with Gasteiger partial charge in [-0.25, -0.2) is 0 Å². The molecule has 1 aromatic carbocycles. The first-order valence-corrected chi connectivity index (χ1v) is 10.4. The van der Waals surface area contributed by atoms with Crippen LogP contribution < -0.4 is 11.1 Å². The number of nitrogens with two attached hydrogens (primary N) is 1. The fraction of sp³-hybridized carbons (Fsp3) is 0.474. The summed E-state index contributed by atoms with van der Waals surface area (Å²) in [6, 6.07) is 5.40. The van der Waals surface area contributed by atoms with Gasteiger partial charge in [0.05, 0.1) is 5.25 Å². The Kier molecular flexibility index (Phi) is 7.88. The van der Waals surface area contributed by atoms with Crippen molar-refractivity contribution in [2.24, 2.45) is 11.7 Å². The van der Waals surface area contributed by atoms with Gasteiger partial charge in [0.15, 0.2) is 5.16 Å². The first kappa shape index (κ1) is 22.2. The van der Waals surface area contributed by atoms with Crippen molar-refractivity contribution in [3.05, 3.63) is 34.6 Å². The number of rotatable bonds is 9. The predicted molar refractivity (Wildman–Crippen MR) is 113 cm³/mol. The van der Waals surface area contributed by atoms with Crippen LogP contribution in [-0.2, 0) is 22.6 Å². The lowest BCUT2D eigenvalue weighted by Gasteiger charge is -2.16. The highest BCUT2D eigenvalue weighted by molar-refractivity contribution is 8.00. The Balaban J connectivity index is 2.13. The van der Waals surface area contributed by atoms with Crippen LogP contribution in [0.4, 0.5) is 5.69 Å². The Morgan fingerprint density at radius 2 is 2.00 bits per heavy atom. The minimum absolute atomic E-state index is 0.145. The van der Waals surface area contributed by atoms with Gasteiger partial charge in [-0.1, -0.05) is 43.3 Å². The SMILES string of the molecule is Cc1c(Cl)cccc1NC(=O)C(C)Sc1nnc(CCC(N)=O)n1CC(C)C. The normalized spacial score (nSPS) is 12.2. The number of primary amides is 1. The van der Waals surface area contributed by atoms with Gasteiger partial charge in [-0.3, -0.25) is 9.59 Å². The summed E-state index contributed by atoms with van der Waals surface area (Å²) in [5, 5.41) is 12.2. The van der Waals surface area contributed by atoms with Gasteiger partial charge in [-0.05, 0) is 37.5 Å². The molecule has 1 atom stereocenters. The third kappa shape index (κ3) is 5.97. The third-order valence-electron chi connectivity index (χ3n) is 4.11. The van der Waals surface area contributed by atoms with Crippen LogP contribution in [0.3, 0.4) is 0 Å². The minimum atomic E-state index is -0.391. The molecule has 152 valence electrons. The van der Waals surface area contributed by atoms with E-state index in [-0.39, 0.29) is 18.2 Å². The molecule has 0 aliphatic rings. The van der Waals surface area contributed by atoms with E-state index in [0.29, 0.717) is 40.6 Å². The molecule has 7 nitrogen and oxygen atoms in total. The van der Waals surface area contributed by atoms with Crippen molar-refractivity contribution in [1.82, 2.24) is 14.8 Å². The van der Waals surface area contributed by atoms with Crippen LogP contribution in [0, 0.1) is 12.8 Å². The molecule has 2 amide bonds. The number of thioether (sulfide) groups is 1. The Bertz CT molecular complexity index is 853. The van der Waals surface area contributed by atoms with Gasteiger partial charge < -0.3 is 15.6 Å². The second-order valence-electron chi connectivity index (χ2n) is 7.03. The Hall–Kier alpha value is -2.06. The van der Waals surface area contributed by atoms with Gasteiger partial charge in [0.1, 0.15) is 5.82 Å². The highest BCUT2D eigenvalue weighted by atomic mass is 35.5. The average molecular weight is 424 g/mol. The molecule has 0 saturated heterocycles. The molecule has 0 bridgehead atoms. The molecule has 28 heavy (non-hydrogen) atoms. The van der Waals surface area contributed by atoms with E-state index >= 15 is 0 Å². The Labute approximate surface area is 174 Å². The van der Waals surface area contributed by atoms with Crippen molar-refractivity contribution in [2.45, 2.75) is 57.5 Å². The number of aryl methyl sites for hydroxylation is 1. The monoisotopic (exact) mass is 423 g/mol. The average Bonchev–Trinajstić information content (AvgIpc) is 2.98. The van der Waals surface area contributed by atoms with Crippen LogP contribution in [0.2, 0.25) is 5.02 Å². The predicted octanol–water partition coefficient (Wildman–Crippen LogP) is 3.43. The molecule has 9 heteroatoms. The number of carbonyl (C=O) groups excluding carboxylic acids is 2. The van der Waals surface area contributed by atoms with Crippen LogP contribution in [0.25, 0.3) is 0 Å². The summed E-state index contributed by atoms with van der Waals surface area (Å²) in [4.78, 5) is 23.7. The van der Waals surface area contributed by atoms with E-state index in [9.17, 15) is 9.59 Å². The zero-order chi connectivity index (χ0) is 20.8. The van der Waals surface area contributed by atoms with Crippen molar-refractivity contribution in [1.29, 1.82) is 0 Å². The van der Waals surface area contributed by atoms with Crippen LogP contribution >= 0.6 is 23.4 Å². The molecule has 1 unspecified atom stereocenters. The summed E-state index contributed by atoms with van der Waals surface area (Å²) in [6.45, 7) is 8.55. The van der Waals surface area contributed by atoms with Gasteiger partial charge in [-0.15, -0.1) is 10.2 Å². The number of benzene rings is 1. The fourth-order valence-electron chi connectivity index (χ4n) is 2.56. The molecule has 0 radical (unpaired) electrons. The second-order valence-corrected chi connectivity index (χ2v) is 8.75. The van der Waals surface area contributed by atoms with Crippen molar-refractivity contribution < 1.29 is 9.59 Å². The lowest BCUT2D eigenvalue weighted by atomic mass is 10.2. The van der Waals surface area contributed by atoms with Crippen LogP contribution in [0.1, 0.15) is 38.6 Å². The summed E-state index contributed by atoms with van der Waals surface area (Å²) in [6.07, 6.45) is 0.642.